The molecule has 1 aliphatic heterocycles. The first kappa shape index (κ1) is 7.00. The number of carbonyl (C=O) groups is 1. The van der Waals surface area contributed by atoms with Gasteiger partial charge in [0.2, 0.25) is 0 Å². The van der Waals surface area contributed by atoms with Gasteiger partial charge in [-0.15, -0.1) is 11.3 Å². The van der Waals surface area contributed by atoms with E-state index >= 15 is 0 Å². The van der Waals surface area contributed by atoms with Crippen molar-refractivity contribution in [1.29, 1.82) is 0 Å². The molecule has 0 saturated carbocycles. The summed E-state index contributed by atoms with van der Waals surface area (Å²) < 4.78 is 0. The van der Waals surface area contributed by atoms with Crippen molar-refractivity contribution in [3.8, 4) is 0 Å². The zero-order valence-corrected chi connectivity index (χ0v) is 6.91. The maximum absolute atomic E-state index is 11.3. The average molecular weight is 167 g/mol. The van der Waals surface area contributed by atoms with Gasteiger partial charge in [-0.25, -0.2) is 0 Å². The van der Waals surface area contributed by atoms with Crippen LogP contribution in [0, 0.1) is 0 Å². The summed E-state index contributed by atoms with van der Waals surface area (Å²) in [4.78, 5) is 12.5. The minimum Gasteiger partial charge on any atom is -0.311 e. The van der Waals surface area contributed by atoms with Crippen LogP contribution in [0.25, 0.3) is 0 Å². The van der Waals surface area contributed by atoms with Gasteiger partial charge >= 0.3 is 0 Å². The molecule has 0 aliphatic carbocycles. The summed E-state index contributed by atoms with van der Waals surface area (Å²) >= 11 is 1.66. The smallest absolute Gasteiger partial charge is 0.165 e. The number of rotatable bonds is 0. The fourth-order valence-electron chi connectivity index (χ4n) is 1.26. The molecule has 0 atom stereocenters. The normalized spacial score (nSPS) is 17.6. The Labute approximate surface area is 69.2 Å². The van der Waals surface area contributed by atoms with Gasteiger partial charge in [-0.05, 0) is 11.4 Å². The van der Waals surface area contributed by atoms with Gasteiger partial charge in [-0.2, -0.15) is 0 Å². The first-order chi connectivity index (χ1) is 5.38. The molecule has 0 unspecified atom stereocenters. The third kappa shape index (κ3) is 1.21. The van der Waals surface area contributed by atoms with Crippen molar-refractivity contribution in [2.24, 2.45) is 0 Å². The highest BCUT2D eigenvalue weighted by Crippen LogP contribution is 2.19. The third-order valence-corrected chi connectivity index (χ3v) is 2.78. The lowest BCUT2D eigenvalue weighted by Gasteiger charge is -1.93. The van der Waals surface area contributed by atoms with Crippen LogP contribution < -0.4 is 5.32 Å². The highest BCUT2D eigenvalue weighted by Gasteiger charge is 2.14. The first-order valence-corrected chi connectivity index (χ1v) is 4.56. The number of nitrogens with one attached hydrogen (secondary N) is 1. The number of fused-ring (bicyclic) bond motifs is 1. The lowest BCUT2D eigenvalue weighted by atomic mass is 10.1. The summed E-state index contributed by atoms with van der Waals surface area (Å²) in [5, 5.41) is 5.19. The van der Waals surface area contributed by atoms with E-state index in [0.29, 0.717) is 6.42 Å². The van der Waals surface area contributed by atoms with Crippen LogP contribution in [-0.2, 0) is 6.54 Å². The van der Waals surface area contributed by atoms with Gasteiger partial charge in [0.1, 0.15) is 0 Å². The molecular formula is C8H9NOS. The van der Waals surface area contributed by atoms with Gasteiger partial charge in [0, 0.05) is 30.0 Å². The zero-order valence-electron chi connectivity index (χ0n) is 6.09. The standard InChI is InChI=1S/C8H9NOS/c10-7-1-3-9-5-8-6(7)2-4-11-8/h2,4,9H,1,3,5H2. The highest BCUT2D eigenvalue weighted by atomic mass is 32.1. The Morgan fingerprint density at radius 3 is 3.36 bits per heavy atom. The van der Waals surface area contributed by atoms with E-state index in [9.17, 15) is 4.79 Å². The average Bonchev–Trinajstić information content (AvgIpc) is 2.40. The van der Waals surface area contributed by atoms with Crippen LogP contribution in [0.2, 0.25) is 0 Å². The molecule has 0 radical (unpaired) electrons. The predicted octanol–water partition coefficient (Wildman–Crippen LogP) is 1.42. The second-order valence-electron chi connectivity index (χ2n) is 2.61. The summed E-state index contributed by atoms with van der Waals surface area (Å²) in [7, 11) is 0. The minimum atomic E-state index is 0.284. The monoisotopic (exact) mass is 167 g/mol. The summed E-state index contributed by atoms with van der Waals surface area (Å²) in [6, 6.07) is 1.93. The number of hydrogen-bond donors (Lipinski definition) is 1. The van der Waals surface area contributed by atoms with Crippen molar-refractivity contribution in [1.82, 2.24) is 5.32 Å². The Kier molecular flexibility index (Phi) is 1.75. The van der Waals surface area contributed by atoms with Crippen LogP contribution in [0.4, 0.5) is 0 Å². The van der Waals surface area contributed by atoms with E-state index in [1.807, 2.05) is 11.4 Å². The molecule has 0 aromatic carbocycles. The Hall–Kier alpha value is -0.670. The third-order valence-electron chi connectivity index (χ3n) is 1.86. The molecule has 3 heteroatoms. The van der Waals surface area contributed by atoms with E-state index < -0.39 is 0 Å². The Bertz CT molecular complexity index is 279. The molecule has 1 aliphatic rings. The summed E-state index contributed by atoms with van der Waals surface area (Å²) in [6.07, 6.45) is 0.643. The van der Waals surface area contributed by atoms with Crippen LogP contribution in [-0.4, -0.2) is 12.3 Å². The van der Waals surface area contributed by atoms with Crippen LogP contribution >= 0.6 is 11.3 Å². The van der Waals surface area contributed by atoms with Crippen molar-refractivity contribution in [2.75, 3.05) is 6.54 Å². The molecule has 11 heavy (non-hydrogen) atoms. The highest BCUT2D eigenvalue weighted by molar-refractivity contribution is 7.10. The zero-order chi connectivity index (χ0) is 7.68. The molecule has 0 amide bonds. The molecule has 0 spiro atoms. The Balaban J connectivity index is 2.41. The number of Topliss-reactive ketones (excluding diaryl/α,β-unsaturated/α-hetero) is 1. The topological polar surface area (TPSA) is 29.1 Å². The van der Waals surface area contributed by atoms with Crippen molar-refractivity contribution in [3.63, 3.8) is 0 Å². The molecule has 58 valence electrons. The maximum Gasteiger partial charge on any atom is 0.165 e. The molecular weight excluding hydrogens is 158 g/mol. The van der Waals surface area contributed by atoms with Crippen LogP contribution in [0.3, 0.4) is 0 Å². The minimum absolute atomic E-state index is 0.284. The van der Waals surface area contributed by atoms with Gasteiger partial charge in [-0.1, -0.05) is 0 Å². The van der Waals surface area contributed by atoms with Crippen molar-refractivity contribution in [2.45, 2.75) is 13.0 Å². The Morgan fingerprint density at radius 2 is 2.45 bits per heavy atom. The number of ketones is 1. The van der Waals surface area contributed by atoms with E-state index in [1.165, 1.54) is 4.88 Å². The maximum atomic E-state index is 11.3. The van der Waals surface area contributed by atoms with Gasteiger partial charge in [0.25, 0.3) is 0 Å². The molecule has 0 bridgehead atoms. The molecule has 1 aromatic rings. The molecule has 1 aromatic heterocycles. The fraction of sp³-hybridized carbons (Fsp3) is 0.375. The second kappa shape index (κ2) is 2.75. The molecule has 2 rings (SSSR count). The van der Waals surface area contributed by atoms with Crippen LogP contribution in [0.1, 0.15) is 21.7 Å². The summed E-state index contributed by atoms with van der Waals surface area (Å²) in [6.45, 7) is 1.68. The van der Waals surface area contributed by atoms with Crippen molar-refractivity contribution < 1.29 is 4.79 Å². The predicted molar refractivity (Wildman–Crippen MR) is 45.0 cm³/mol. The largest absolute Gasteiger partial charge is 0.311 e. The number of thiophene rings is 1. The van der Waals surface area contributed by atoms with E-state index in [1.54, 1.807) is 11.3 Å². The van der Waals surface area contributed by atoms with E-state index in [0.717, 1.165) is 18.7 Å². The summed E-state index contributed by atoms with van der Waals surface area (Å²) in [5.41, 5.74) is 0.931. The van der Waals surface area contributed by atoms with Crippen LogP contribution in [0.5, 0.6) is 0 Å². The SMILES string of the molecule is O=C1CCNCc2sccc21. The molecule has 0 saturated heterocycles. The quantitative estimate of drug-likeness (QED) is 0.633. The molecule has 0 fully saturated rings. The van der Waals surface area contributed by atoms with Gasteiger partial charge in [0.05, 0.1) is 0 Å². The molecule has 2 heterocycles. The second-order valence-corrected chi connectivity index (χ2v) is 3.61. The number of hydrogen-bond acceptors (Lipinski definition) is 3. The van der Waals surface area contributed by atoms with Crippen molar-refractivity contribution in [3.05, 3.63) is 21.9 Å². The lowest BCUT2D eigenvalue weighted by molar-refractivity contribution is 0.0985. The molecule has 2 nitrogen and oxygen atoms in total. The van der Waals surface area contributed by atoms with Crippen LogP contribution in [0.15, 0.2) is 11.4 Å². The van der Waals surface area contributed by atoms with E-state index in [-0.39, 0.29) is 5.78 Å². The first-order valence-electron chi connectivity index (χ1n) is 3.68. The Morgan fingerprint density at radius 1 is 1.55 bits per heavy atom. The van der Waals surface area contributed by atoms with Crippen molar-refractivity contribution >= 4 is 17.1 Å². The van der Waals surface area contributed by atoms with E-state index in [2.05, 4.69) is 5.32 Å². The van der Waals surface area contributed by atoms with Gasteiger partial charge in [-0.3, -0.25) is 4.79 Å². The lowest BCUT2D eigenvalue weighted by Crippen LogP contribution is -2.12. The van der Waals surface area contributed by atoms with Gasteiger partial charge in [0.15, 0.2) is 5.78 Å². The van der Waals surface area contributed by atoms with Gasteiger partial charge < -0.3 is 5.32 Å². The van der Waals surface area contributed by atoms with E-state index in [4.69, 9.17) is 0 Å². The summed E-state index contributed by atoms with van der Waals surface area (Å²) in [5.74, 6) is 0.284. The number of carbonyl (C=O) groups excluding carboxylic acids is 1. The molecule has 1 N–H and O–H groups in total. The fourth-order valence-corrected chi connectivity index (χ4v) is 2.13.